The SMILES string of the molecule is CCC1CCCCN1C(=O)c1cccnn1. The van der Waals surface area contributed by atoms with Crippen molar-refractivity contribution in [1.29, 1.82) is 0 Å². The van der Waals surface area contributed by atoms with E-state index < -0.39 is 0 Å². The van der Waals surface area contributed by atoms with E-state index in [1.807, 2.05) is 4.90 Å². The molecule has 1 fully saturated rings. The molecule has 0 spiro atoms. The van der Waals surface area contributed by atoms with Crippen molar-refractivity contribution in [2.75, 3.05) is 6.54 Å². The van der Waals surface area contributed by atoms with Crippen LogP contribution < -0.4 is 0 Å². The quantitative estimate of drug-likeness (QED) is 0.763. The van der Waals surface area contributed by atoms with Gasteiger partial charge in [-0.25, -0.2) is 0 Å². The highest BCUT2D eigenvalue weighted by atomic mass is 16.2. The molecule has 86 valence electrons. The highest BCUT2D eigenvalue weighted by Crippen LogP contribution is 2.20. The molecule has 4 heteroatoms. The third-order valence-electron chi connectivity index (χ3n) is 3.15. The largest absolute Gasteiger partial charge is 0.334 e. The smallest absolute Gasteiger partial charge is 0.274 e. The highest BCUT2D eigenvalue weighted by Gasteiger charge is 2.26. The Labute approximate surface area is 95.7 Å². The van der Waals surface area contributed by atoms with Gasteiger partial charge in [-0.2, -0.15) is 5.10 Å². The maximum absolute atomic E-state index is 12.2. The predicted molar refractivity (Wildman–Crippen MR) is 61.0 cm³/mol. The number of nitrogens with zero attached hydrogens (tertiary/aromatic N) is 3. The maximum atomic E-state index is 12.2. The monoisotopic (exact) mass is 219 g/mol. The Balaban J connectivity index is 2.14. The van der Waals surface area contributed by atoms with E-state index in [9.17, 15) is 4.79 Å². The summed E-state index contributed by atoms with van der Waals surface area (Å²) < 4.78 is 0. The van der Waals surface area contributed by atoms with Crippen molar-refractivity contribution in [3.8, 4) is 0 Å². The first-order valence-corrected chi connectivity index (χ1v) is 5.91. The molecule has 0 N–H and O–H groups in total. The second kappa shape index (κ2) is 5.05. The fraction of sp³-hybridized carbons (Fsp3) is 0.583. The van der Waals surface area contributed by atoms with E-state index in [-0.39, 0.29) is 5.91 Å². The molecule has 4 nitrogen and oxygen atoms in total. The summed E-state index contributed by atoms with van der Waals surface area (Å²) in [7, 11) is 0. The summed E-state index contributed by atoms with van der Waals surface area (Å²) in [6.45, 7) is 2.99. The van der Waals surface area contributed by atoms with Gasteiger partial charge in [-0.15, -0.1) is 5.10 Å². The molecule has 1 saturated heterocycles. The summed E-state index contributed by atoms with van der Waals surface area (Å²) in [4.78, 5) is 14.1. The Morgan fingerprint density at radius 2 is 2.44 bits per heavy atom. The van der Waals surface area contributed by atoms with E-state index in [1.165, 1.54) is 6.42 Å². The summed E-state index contributed by atoms with van der Waals surface area (Å²) in [5.74, 6) is 0.0275. The van der Waals surface area contributed by atoms with E-state index in [2.05, 4.69) is 17.1 Å². The molecule has 0 aliphatic carbocycles. The van der Waals surface area contributed by atoms with Crippen LogP contribution in [0.15, 0.2) is 18.3 Å². The minimum Gasteiger partial charge on any atom is -0.334 e. The van der Waals surface area contributed by atoms with Crippen molar-refractivity contribution in [1.82, 2.24) is 15.1 Å². The lowest BCUT2D eigenvalue weighted by molar-refractivity contribution is 0.0600. The first-order chi connectivity index (χ1) is 7.83. The molecular weight excluding hydrogens is 202 g/mol. The molecule has 0 saturated carbocycles. The van der Waals surface area contributed by atoms with Crippen LogP contribution in [0.5, 0.6) is 0 Å². The first-order valence-electron chi connectivity index (χ1n) is 5.91. The summed E-state index contributed by atoms with van der Waals surface area (Å²) in [6, 6.07) is 3.87. The molecule has 1 aromatic heterocycles. The first kappa shape index (κ1) is 11.0. The molecule has 0 radical (unpaired) electrons. The Morgan fingerprint density at radius 1 is 1.56 bits per heavy atom. The van der Waals surface area contributed by atoms with Gasteiger partial charge in [0.1, 0.15) is 0 Å². The zero-order valence-electron chi connectivity index (χ0n) is 9.59. The molecule has 1 aliphatic heterocycles. The molecule has 1 unspecified atom stereocenters. The molecule has 2 rings (SSSR count). The molecule has 1 atom stereocenters. The summed E-state index contributed by atoms with van der Waals surface area (Å²) in [6.07, 6.45) is 6.05. The Bertz CT molecular complexity index is 353. The van der Waals surface area contributed by atoms with E-state index in [0.717, 1.165) is 25.8 Å². The van der Waals surface area contributed by atoms with Crippen LogP contribution in [0, 0.1) is 0 Å². The predicted octanol–water partition coefficient (Wildman–Crippen LogP) is 1.88. The standard InChI is InChI=1S/C12H17N3O/c1-2-10-6-3-4-9-15(10)12(16)11-7-5-8-13-14-11/h5,7-8,10H,2-4,6,9H2,1H3. The number of amides is 1. The summed E-state index contributed by atoms with van der Waals surface area (Å²) in [5.41, 5.74) is 0.461. The Morgan fingerprint density at radius 3 is 3.12 bits per heavy atom. The van der Waals surface area contributed by atoms with Crippen LogP contribution in [-0.4, -0.2) is 33.6 Å². The Kier molecular flexibility index (Phi) is 3.49. The fourth-order valence-electron chi connectivity index (χ4n) is 2.26. The third kappa shape index (κ3) is 2.21. The molecule has 1 aromatic rings. The van der Waals surface area contributed by atoms with Crippen LogP contribution in [0.4, 0.5) is 0 Å². The average molecular weight is 219 g/mol. The van der Waals surface area contributed by atoms with Crippen molar-refractivity contribution in [2.45, 2.75) is 38.6 Å². The minimum atomic E-state index is 0.0275. The van der Waals surface area contributed by atoms with Crippen molar-refractivity contribution in [3.05, 3.63) is 24.0 Å². The lowest BCUT2D eigenvalue weighted by Crippen LogP contribution is -2.43. The number of likely N-dealkylation sites (tertiary alicyclic amines) is 1. The fourth-order valence-corrected chi connectivity index (χ4v) is 2.26. The minimum absolute atomic E-state index is 0.0275. The van der Waals surface area contributed by atoms with E-state index >= 15 is 0 Å². The van der Waals surface area contributed by atoms with Crippen LogP contribution in [0.2, 0.25) is 0 Å². The van der Waals surface area contributed by atoms with Crippen LogP contribution in [0.3, 0.4) is 0 Å². The van der Waals surface area contributed by atoms with Crippen molar-refractivity contribution in [2.24, 2.45) is 0 Å². The van der Waals surface area contributed by atoms with E-state index in [1.54, 1.807) is 18.3 Å². The van der Waals surface area contributed by atoms with Gasteiger partial charge >= 0.3 is 0 Å². The number of carbonyl (C=O) groups excluding carboxylic acids is 1. The second-order valence-electron chi connectivity index (χ2n) is 4.17. The van der Waals surface area contributed by atoms with Crippen LogP contribution in [0.1, 0.15) is 43.1 Å². The Hall–Kier alpha value is -1.45. The van der Waals surface area contributed by atoms with Gasteiger partial charge in [-0.1, -0.05) is 6.92 Å². The van der Waals surface area contributed by atoms with Crippen LogP contribution >= 0.6 is 0 Å². The molecule has 0 aromatic carbocycles. The van der Waals surface area contributed by atoms with Gasteiger partial charge in [-0.05, 0) is 37.8 Å². The van der Waals surface area contributed by atoms with Crippen molar-refractivity contribution < 1.29 is 4.79 Å². The lowest BCUT2D eigenvalue weighted by Gasteiger charge is -2.34. The summed E-state index contributed by atoms with van der Waals surface area (Å²) in [5, 5.41) is 7.64. The van der Waals surface area contributed by atoms with Crippen molar-refractivity contribution in [3.63, 3.8) is 0 Å². The van der Waals surface area contributed by atoms with Crippen LogP contribution in [-0.2, 0) is 0 Å². The average Bonchev–Trinajstić information content (AvgIpc) is 2.39. The van der Waals surface area contributed by atoms with Gasteiger partial charge in [0.2, 0.25) is 0 Å². The van der Waals surface area contributed by atoms with Gasteiger partial charge in [0, 0.05) is 18.8 Å². The third-order valence-corrected chi connectivity index (χ3v) is 3.15. The zero-order valence-corrected chi connectivity index (χ0v) is 9.59. The van der Waals surface area contributed by atoms with Gasteiger partial charge in [0.05, 0.1) is 0 Å². The van der Waals surface area contributed by atoms with E-state index in [4.69, 9.17) is 0 Å². The summed E-state index contributed by atoms with van der Waals surface area (Å²) >= 11 is 0. The second-order valence-corrected chi connectivity index (χ2v) is 4.17. The number of rotatable bonds is 2. The topological polar surface area (TPSA) is 46.1 Å². The number of piperidine rings is 1. The lowest BCUT2D eigenvalue weighted by atomic mass is 9.99. The maximum Gasteiger partial charge on any atom is 0.274 e. The van der Waals surface area contributed by atoms with Crippen LogP contribution in [0.25, 0.3) is 0 Å². The molecule has 1 aliphatic rings. The molecule has 2 heterocycles. The normalized spacial score (nSPS) is 20.8. The number of carbonyl (C=O) groups is 1. The number of aromatic nitrogens is 2. The highest BCUT2D eigenvalue weighted by molar-refractivity contribution is 5.92. The van der Waals surface area contributed by atoms with E-state index in [0.29, 0.717) is 11.7 Å². The molecular formula is C12H17N3O. The number of hydrogen-bond acceptors (Lipinski definition) is 3. The van der Waals surface area contributed by atoms with Gasteiger partial charge in [0.15, 0.2) is 5.69 Å². The zero-order chi connectivity index (χ0) is 11.4. The number of hydrogen-bond donors (Lipinski definition) is 0. The molecule has 16 heavy (non-hydrogen) atoms. The van der Waals surface area contributed by atoms with Crippen molar-refractivity contribution >= 4 is 5.91 Å². The van der Waals surface area contributed by atoms with Gasteiger partial charge in [0.25, 0.3) is 5.91 Å². The molecule has 1 amide bonds. The van der Waals surface area contributed by atoms with Gasteiger partial charge in [-0.3, -0.25) is 4.79 Å². The van der Waals surface area contributed by atoms with Gasteiger partial charge < -0.3 is 4.90 Å². The molecule has 0 bridgehead atoms.